The summed E-state index contributed by atoms with van der Waals surface area (Å²) in [6.07, 6.45) is 1.98. The van der Waals surface area contributed by atoms with Crippen LogP contribution in [0.1, 0.15) is 16.7 Å². The highest BCUT2D eigenvalue weighted by Crippen LogP contribution is 2.41. The Morgan fingerprint density at radius 3 is 1.07 bits per heavy atom. The number of fused-ring (bicyclic) bond motifs is 1. The third-order valence-electron chi connectivity index (χ3n) is 10.6. The highest BCUT2D eigenvalue weighted by atomic mass is 15.4. The quantitative estimate of drug-likeness (QED) is 0.136. The summed E-state index contributed by atoms with van der Waals surface area (Å²) in [5.41, 5.74) is 16.0. The molecular weight excluding hydrogens is 679 g/mol. The largest absolute Gasteiger partial charge is 0.311 e. The second kappa shape index (κ2) is 15.3. The molecule has 0 saturated carbocycles. The predicted molar refractivity (Wildman–Crippen MR) is 237 cm³/mol. The number of hydrogen-bond donors (Lipinski definition) is 0. The average molecular weight is 720 g/mol. The summed E-state index contributed by atoms with van der Waals surface area (Å²) in [7, 11) is 0. The Bertz CT molecular complexity index is 2580. The summed E-state index contributed by atoms with van der Waals surface area (Å²) < 4.78 is 2.14. The Balaban J connectivity index is 1.12. The molecule has 3 nitrogen and oxygen atoms in total. The number of hydrogen-bond acceptors (Lipinski definition) is 2. The maximum absolute atomic E-state index is 5.27. The van der Waals surface area contributed by atoms with Crippen molar-refractivity contribution in [2.45, 2.75) is 13.8 Å². The van der Waals surface area contributed by atoms with Crippen LogP contribution in [0.4, 0.5) is 17.1 Å². The zero-order chi connectivity index (χ0) is 37.8. The minimum Gasteiger partial charge on any atom is -0.311 e. The molecular formula is C53H41N3. The number of rotatable bonds is 9. The number of aromatic nitrogens is 1. The fourth-order valence-corrected chi connectivity index (χ4v) is 7.56. The molecule has 0 N–H and O–H groups in total. The molecule has 0 aliphatic heterocycles. The minimum atomic E-state index is 1.01. The van der Waals surface area contributed by atoms with Crippen LogP contribution in [0.15, 0.2) is 211 Å². The van der Waals surface area contributed by atoms with Crippen LogP contribution in [0, 0.1) is 13.8 Å². The third kappa shape index (κ3) is 6.83. The lowest BCUT2D eigenvalue weighted by molar-refractivity contribution is 0.917. The highest BCUT2D eigenvalue weighted by molar-refractivity contribution is 6.06. The van der Waals surface area contributed by atoms with Crippen molar-refractivity contribution in [3.63, 3.8) is 0 Å². The molecule has 56 heavy (non-hydrogen) atoms. The van der Waals surface area contributed by atoms with Gasteiger partial charge in [-0.05, 0) is 101 Å². The Hall–Kier alpha value is -7.23. The van der Waals surface area contributed by atoms with Crippen molar-refractivity contribution in [2.75, 3.05) is 4.90 Å². The van der Waals surface area contributed by atoms with Crippen molar-refractivity contribution < 1.29 is 0 Å². The Morgan fingerprint density at radius 2 is 0.696 bits per heavy atom. The van der Waals surface area contributed by atoms with Crippen molar-refractivity contribution >= 4 is 34.0 Å². The van der Waals surface area contributed by atoms with Crippen molar-refractivity contribution in [3.8, 4) is 44.8 Å². The molecule has 1 aromatic heterocycles. The first kappa shape index (κ1) is 34.5. The van der Waals surface area contributed by atoms with E-state index in [2.05, 4.69) is 230 Å². The van der Waals surface area contributed by atoms with E-state index in [9.17, 15) is 0 Å². The van der Waals surface area contributed by atoms with Gasteiger partial charge in [0.15, 0.2) is 0 Å². The van der Waals surface area contributed by atoms with Crippen LogP contribution < -0.4 is 4.90 Å². The van der Waals surface area contributed by atoms with Gasteiger partial charge in [0.2, 0.25) is 0 Å². The second-order valence-electron chi connectivity index (χ2n) is 14.2. The zero-order valence-electron chi connectivity index (χ0n) is 31.5. The monoisotopic (exact) mass is 719 g/mol. The van der Waals surface area contributed by atoms with Gasteiger partial charge >= 0.3 is 0 Å². The topological polar surface area (TPSA) is 20.5 Å². The summed E-state index contributed by atoms with van der Waals surface area (Å²) >= 11 is 0. The molecule has 0 unspecified atom stereocenters. The lowest BCUT2D eigenvalue weighted by Crippen LogP contribution is -2.10. The number of benzene rings is 8. The van der Waals surface area contributed by atoms with Gasteiger partial charge < -0.3 is 4.90 Å². The molecule has 0 aliphatic rings. The van der Waals surface area contributed by atoms with Crippen LogP contribution in [0.2, 0.25) is 0 Å². The standard InChI is InChI=1S/C53H41N3/c1-38-35-50-51(36-39(38)2)53(46-21-13-6-14-22-46)56(52(50)45-19-11-5-12-20-45)54-37-40-23-29-47(30-24-40)55(48-31-25-43(26-32-48)41-15-7-3-8-16-41)49-33-27-44(28-34-49)42-17-9-4-10-18-42/h3-37H,1-2H3. The molecule has 0 saturated heterocycles. The summed E-state index contributed by atoms with van der Waals surface area (Å²) in [4.78, 5) is 2.31. The van der Waals surface area contributed by atoms with Gasteiger partial charge in [-0.3, -0.25) is 0 Å². The predicted octanol–water partition coefficient (Wildman–Crippen LogP) is 14.3. The van der Waals surface area contributed by atoms with Crippen LogP contribution in [0.25, 0.3) is 55.5 Å². The SMILES string of the molecule is Cc1cc2c(-c3ccccc3)n(N=Cc3ccc(N(c4ccc(-c5ccccc5)cc4)c4ccc(-c5ccccc5)cc4)cc3)c(-c3ccccc3)c2cc1C. The zero-order valence-corrected chi connectivity index (χ0v) is 31.5. The van der Waals surface area contributed by atoms with Crippen LogP contribution in [0.5, 0.6) is 0 Å². The second-order valence-corrected chi connectivity index (χ2v) is 14.2. The molecule has 0 amide bonds. The van der Waals surface area contributed by atoms with Crippen LogP contribution >= 0.6 is 0 Å². The van der Waals surface area contributed by atoms with Gasteiger partial charge in [0.1, 0.15) is 0 Å². The Kier molecular flexibility index (Phi) is 9.41. The van der Waals surface area contributed by atoms with Gasteiger partial charge in [-0.2, -0.15) is 5.10 Å². The normalized spacial score (nSPS) is 11.3. The minimum absolute atomic E-state index is 1.01. The maximum Gasteiger partial charge on any atom is 0.0804 e. The molecule has 3 heteroatoms. The van der Waals surface area contributed by atoms with Gasteiger partial charge in [0.25, 0.3) is 0 Å². The van der Waals surface area contributed by atoms with E-state index >= 15 is 0 Å². The van der Waals surface area contributed by atoms with E-state index in [4.69, 9.17) is 5.10 Å². The summed E-state index contributed by atoms with van der Waals surface area (Å²) in [6, 6.07) is 73.2. The Morgan fingerprint density at radius 1 is 0.375 bits per heavy atom. The van der Waals surface area contributed by atoms with Crippen molar-refractivity contribution in [3.05, 3.63) is 223 Å². The van der Waals surface area contributed by atoms with Crippen molar-refractivity contribution in [2.24, 2.45) is 5.10 Å². The smallest absolute Gasteiger partial charge is 0.0804 e. The molecule has 0 bridgehead atoms. The van der Waals surface area contributed by atoms with Crippen molar-refractivity contribution in [1.82, 2.24) is 4.68 Å². The van der Waals surface area contributed by atoms with E-state index in [0.717, 1.165) is 45.1 Å². The highest BCUT2D eigenvalue weighted by Gasteiger charge is 2.21. The fraction of sp³-hybridized carbons (Fsp3) is 0.0377. The molecule has 9 aromatic rings. The lowest BCUT2D eigenvalue weighted by atomic mass is 9.99. The molecule has 0 aliphatic carbocycles. The van der Waals surface area contributed by atoms with E-state index < -0.39 is 0 Å². The molecule has 8 aromatic carbocycles. The van der Waals surface area contributed by atoms with Crippen LogP contribution in [-0.4, -0.2) is 10.9 Å². The molecule has 9 rings (SSSR count). The van der Waals surface area contributed by atoms with E-state index in [-0.39, 0.29) is 0 Å². The van der Waals surface area contributed by atoms with E-state index in [1.165, 1.54) is 44.2 Å². The van der Waals surface area contributed by atoms with Gasteiger partial charge in [-0.1, -0.05) is 158 Å². The number of anilines is 3. The van der Waals surface area contributed by atoms with Gasteiger partial charge in [-0.15, -0.1) is 0 Å². The first-order valence-corrected chi connectivity index (χ1v) is 19.1. The van der Waals surface area contributed by atoms with E-state index in [0.29, 0.717) is 0 Å². The molecule has 1 heterocycles. The van der Waals surface area contributed by atoms with Crippen LogP contribution in [-0.2, 0) is 0 Å². The van der Waals surface area contributed by atoms with Crippen molar-refractivity contribution in [1.29, 1.82) is 0 Å². The number of aryl methyl sites for hydroxylation is 2. The Labute approximate surface area is 329 Å². The molecule has 0 radical (unpaired) electrons. The van der Waals surface area contributed by atoms with E-state index in [1.54, 1.807) is 0 Å². The fourth-order valence-electron chi connectivity index (χ4n) is 7.56. The third-order valence-corrected chi connectivity index (χ3v) is 10.6. The maximum atomic E-state index is 5.27. The first-order chi connectivity index (χ1) is 27.6. The van der Waals surface area contributed by atoms with Gasteiger partial charge in [0.05, 0.1) is 17.6 Å². The number of nitrogens with zero attached hydrogens (tertiary/aromatic N) is 3. The average Bonchev–Trinajstić information content (AvgIpc) is 3.57. The summed E-state index contributed by atoms with van der Waals surface area (Å²) in [5.74, 6) is 0. The molecule has 0 fully saturated rings. The summed E-state index contributed by atoms with van der Waals surface area (Å²) in [6.45, 7) is 4.37. The van der Waals surface area contributed by atoms with Crippen LogP contribution in [0.3, 0.4) is 0 Å². The first-order valence-electron chi connectivity index (χ1n) is 19.1. The lowest BCUT2D eigenvalue weighted by Gasteiger charge is -2.26. The molecule has 0 atom stereocenters. The summed E-state index contributed by atoms with van der Waals surface area (Å²) in [5, 5.41) is 7.66. The molecule has 0 spiro atoms. The van der Waals surface area contributed by atoms with Gasteiger partial charge in [-0.25, -0.2) is 4.68 Å². The van der Waals surface area contributed by atoms with Gasteiger partial charge in [0, 0.05) is 39.0 Å². The molecule has 268 valence electrons. The van der Waals surface area contributed by atoms with E-state index in [1.807, 2.05) is 6.21 Å².